The van der Waals surface area contributed by atoms with Gasteiger partial charge in [-0.05, 0) is 48.7 Å². The number of amides is 1. The summed E-state index contributed by atoms with van der Waals surface area (Å²) in [5.41, 5.74) is 1.48. The van der Waals surface area contributed by atoms with Crippen LogP contribution in [0.5, 0.6) is 0 Å². The standard InChI is InChI=1S/C22H22BrClN2O3/c23-17-4-1-15(2-5-17)13-20(27)16-3-6-18(24)19(14-16)25-21(28)22(7-8-22)26-9-11-29-12-10-26/h1-6,14H,7-13H2,(H,25,28). The zero-order valence-electron chi connectivity index (χ0n) is 15.9. The zero-order chi connectivity index (χ0) is 20.4. The Morgan fingerprint density at radius 2 is 1.79 bits per heavy atom. The minimum atomic E-state index is -0.468. The van der Waals surface area contributed by atoms with E-state index in [0.29, 0.717) is 35.9 Å². The van der Waals surface area contributed by atoms with Crippen LogP contribution in [0.15, 0.2) is 46.9 Å². The van der Waals surface area contributed by atoms with E-state index >= 15 is 0 Å². The van der Waals surface area contributed by atoms with Crippen molar-refractivity contribution in [3.05, 3.63) is 63.1 Å². The third-order valence-corrected chi connectivity index (χ3v) is 6.44. The second-order valence-corrected chi connectivity index (χ2v) is 8.83. The number of hydrogen-bond acceptors (Lipinski definition) is 4. The van der Waals surface area contributed by atoms with E-state index in [0.717, 1.165) is 36.0 Å². The molecule has 0 spiro atoms. The minimum absolute atomic E-state index is 0.0196. The van der Waals surface area contributed by atoms with Crippen LogP contribution in [0.4, 0.5) is 5.69 Å². The number of Topliss-reactive ketones (excluding diaryl/α,β-unsaturated/α-hetero) is 1. The fourth-order valence-electron chi connectivity index (χ4n) is 3.72. The molecule has 2 fully saturated rings. The quantitative estimate of drug-likeness (QED) is 0.629. The SMILES string of the molecule is O=C(Cc1ccc(Br)cc1)c1ccc(Cl)c(NC(=O)C2(N3CCOCC3)CC2)c1. The van der Waals surface area contributed by atoms with E-state index in [9.17, 15) is 9.59 Å². The first-order chi connectivity index (χ1) is 14.0. The average molecular weight is 478 g/mol. The largest absolute Gasteiger partial charge is 0.379 e. The first kappa shape index (κ1) is 20.5. The fourth-order valence-corrected chi connectivity index (χ4v) is 4.15. The number of halogens is 2. The molecule has 2 aromatic carbocycles. The molecule has 2 aliphatic rings. The monoisotopic (exact) mass is 476 g/mol. The summed E-state index contributed by atoms with van der Waals surface area (Å²) in [6.07, 6.45) is 1.96. The Morgan fingerprint density at radius 1 is 1.10 bits per heavy atom. The van der Waals surface area contributed by atoms with Crippen molar-refractivity contribution in [1.29, 1.82) is 0 Å². The molecule has 1 saturated heterocycles. The molecule has 7 heteroatoms. The van der Waals surface area contributed by atoms with E-state index in [4.69, 9.17) is 16.3 Å². The van der Waals surface area contributed by atoms with Crippen LogP contribution >= 0.6 is 27.5 Å². The van der Waals surface area contributed by atoms with Gasteiger partial charge in [0.25, 0.3) is 0 Å². The smallest absolute Gasteiger partial charge is 0.244 e. The van der Waals surface area contributed by atoms with Crippen molar-refractivity contribution in [2.45, 2.75) is 24.8 Å². The Morgan fingerprint density at radius 3 is 2.45 bits per heavy atom. The Labute approximate surface area is 183 Å². The number of ether oxygens (including phenoxy) is 1. The molecule has 4 rings (SSSR count). The lowest BCUT2D eigenvalue weighted by Gasteiger charge is -2.33. The van der Waals surface area contributed by atoms with Gasteiger partial charge in [-0.15, -0.1) is 0 Å². The summed E-state index contributed by atoms with van der Waals surface area (Å²) in [6, 6.07) is 12.7. The Balaban J connectivity index is 1.47. The summed E-state index contributed by atoms with van der Waals surface area (Å²) >= 11 is 9.71. The number of benzene rings is 2. The summed E-state index contributed by atoms with van der Waals surface area (Å²) in [5, 5.41) is 3.39. The van der Waals surface area contributed by atoms with Crippen molar-refractivity contribution in [2.75, 3.05) is 31.6 Å². The summed E-state index contributed by atoms with van der Waals surface area (Å²) in [4.78, 5) is 27.9. The molecule has 1 aliphatic heterocycles. The van der Waals surface area contributed by atoms with Crippen LogP contribution in [-0.2, 0) is 16.0 Å². The van der Waals surface area contributed by atoms with Gasteiger partial charge < -0.3 is 10.1 Å². The molecular formula is C22H22BrClN2O3. The van der Waals surface area contributed by atoms with Gasteiger partial charge in [0.2, 0.25) is 5.91 Å². The number of nitrogens with zero attached hydrogens (tertiary/aromatic N) is 1. The second-order valence-electron chi connectivity index (χ2n) is 7.51. The van der Waals surface area contributed by atoms with Crippen LogP contribution < -0.4 is 5.32 Å². The van der Waals surface area contributed by atoms with Gasteiger partial charge in [-0.2, -0.15) is 0 Å². The highest BCUT2D eigenvalue weighted by Crippen LogP contribution is 2.43. The number of anilines is 1. The van der Waals surface area contributed by atoms with Crippen molar-refractivity contribution < 1.29 is 14.3 Å². The van der Waals surface area contributed by atoms with Crippen LogP contribution in [-0.4, -0.2) is 48.4 Å². The molecule has 0 radical (unpaired) electrons. The van der Waals surface area contributed by atoms with Crippen molar-refractivity contribution >= 4 is 44.9 Å². The Bertz CT molecular complexity index is 922. The maximum Gasteiger partial charge on any atom is 0.244 e. The number of ketones is 1. The molecule has 5 nitrogen and oxygen atoms in total. The van der Waals surface area contributed by atoms with Gasteiger partial charge >= 0.3 is 0 Å². The molecule has 29 heavy (non-hydrogen) atoms. The lowest BCUT2D eigenvalue weighted by molar-refractivity contribution is -0.124. The van der Waals surface area contributed by atoms with Gasteiger partial charge in [-0.1, -0.05) is 39.7 Å². The van der Waals surface area contributed by atoms with Crippen LogP contribution in [0.2, 0.25) is 5.02 Å². The van der Waals surface area contributed by atoms with Crippen LogP contribution in [0, 0.1) is 0 Å². The molecule has 2 aromatic rings. The van der Waals surface area contributed by atoms with Gasteiger partial charge in [-0.25, -0.2) is 0 Å². The molecule has 152 valence electrons. The van der Waals surface area contributed by atoms with E-state index in [1.807, 2.05) is 24.3 Å². The van der Waals surface area contributed by atoms with E-state index in [2.05, 4.69) is 26.1 Å². The average Bonchev–Trinajstić information content (AvgIpc) is 3.54. The summed E-state index contributed by atoms with van der Waals surface area (Å²) in [5.74, 6) is -0.0763. The minimum Gasteiger partial charge on any atom is -0.379 e. The van der Waals surface area contributed by atoms with E-state index in [1.54, 1.807) is 18.2 Å². The topological polar surface area (TPSA) is 58.6 Å². The summed E-state index contributed by atoms with van der Waals surface area (Å²) in [6.45, 7) is 2.81. The predicted octanol–water partition coefficient (Wildman–Crippen LogP) is 4.33. The highest BCUT2D eigenvalue weighted by molar-refractivity contribution is 9.10. The molecule has 1 heterocycles. The highest BCUT2D eigenvalue weighted by Gasteiger charge is 2.54. The lowest BCUT2D eigenvalue weighted by atomic mass is 10.0. The predicted molar refractivity (Wildman–Crippen MR) is 117 cm³/mol. The first-order valence-corrected chi connectivity index (χ1v) is 10.9. The number of carbonyl (C=O) groups excluding carboxylic acids is 2. The third-order valence-electron chi connectivity index (χ3n) is 5.58. The fraction of sp³-hybridized carbons (Fsp3) is 0.364. The number of carbonyl (C=O) groups is 2. The van der Waals surface area contributed by atoms with Gasteiger partial charge in [0.15, 0.2) is 5.78 Å². The van der Waals surface area contributed by atoms with Crippen LogP contribution in [0.3, 0.4) is 0 Å². The number of rotatable bonds is 6. The normalized spacial score (nSPS) is 18.3. The van der Waals surface area contributed by atoms with Gasteiger partial charge in [0.05, 0.1) is 23.9 Å². The Kier molecular flexibility index (Phi) is 6.06. The molecular weight excluding hydrogens is 456 g/mol. The van der Waals surface area contributed by atoms with Gasteiger partial charge in [0, 0.05) is 29.5 Å². The zero-order valence-corrected chi connectivity index (χ0v) is 18.3. The molecule has 0 atom stereocenters. The Hall–Kier alpha value is -1.73. The third kappa shape index (κ3) is 4.56. The number of nitrogens with one attached hydrogen (secondary N) is 1. The van der Waals surface area contributed by atoms with Crippen molar-refractivity contribution in [2.24, 2.45) is 0 Å². The van der Waals surface area contributed by atoms with Gasteiger partial charge in [0.1, 0.15) is 5.54 Å². The molecule has 0 bridgehead atoms. The van der Waals surface area contributed by atoms with Gasteiger partial charge in [-0.3, -0.25) is 14.5 Å². The van der Waals surface area contributed by atoms with Crippen molar-refractivity contribution in [3.63, 3.8) is 0 Å². The lowest BCUT2D eigenvalue weighted by Crippen LogP contribution is -2.51. The second kappa shape index (κ2) is 8.56. The first-order valence-electron chi connectivity index (χ1n) is 9.69. The summed E-state index contributed by atoms with van der Waals surface area (Å²) < 4.78 is 6.37. The molecule has 1 N–H and O–H groups in total. The summed E-state index contributed by atoms with van der Waals surface area (Å²) in [7, 11) is 0. The van der Waals surface area contributed by atoms with Crippen molar-refractivity contribution in [3.8, 4) is 0 Å². The molecule has 0 aromatic heterocycles. The van der Waals surface area contributed by atoms with E-state index in [1.165, 1.54) is 0 Å². The van der Waals surface area contributed by atoms with E-state index in [-0.39, 0.29) is 11.7 Å². The highest BCUT2D eigenvalue weighted by atomic mass is 79.9. The molecule has 1 saturated carbocycles. The maximum absolute atomic E-state index is 13.0. The maximum atomic E-state index is 13.0. The van der Waals surface area contributed by atoms with E-state index < -0.39 is 5.54 Å². The molecule has 1 amide bonds. The van der Waals surface area contributed by atoms with Crippen molar-refractivity contribution in [1.82, 2.24) is 4.90 Å². The number of morpholine rings is 1. The molecule has 0 unspecified atom stereocenters. The molecule has 1 aliphatic carbocycles. The van der Waals surface area contributed by atoms with Crippen LogP contribution in [0.1, 0.15) is 28.8 Å². The number of hydrogen-bond donors (Lipinski definition) is 1. The van der Waals surface area contributed by atoms with Crippen LogP contribution in [0.25, 0.3) is 0 Å².